The Morgan fingerprint density at radius 2 is 1.04 bits per heavy atom. The van der Waals surface area contributed by atoms with Crippen molar-refractivity contribution < 1.29 is 19.2 Å². The van der Waals surface area contributed by atoms with Crippen molar-refractivity contribution in [1.29, 1.82) is 0 Å². The summed E-state index contributed by atoms with van der Waals surface area (Å²) in [7, 11) is 0. The lowest BCUT2D eigenvalue weighted by molar-refractivity contribution is -0.119. The van der Waals surface area contributed by atoms with Gasteiger partial charge in [-0.15, -0.1) is 0 Å². The van der Waals surface area contributed by atoms with E-state index in [-0.39, 0.29) is 54.3 Å². The minimum Gasteiger partial charge on any atom is -0.378 e. The van der Waals surface area contributed by atoms with E-state index < -0.39 is 0 Å². The SMILES string of the molecule is CCC(=O)N1c2ccccc2[C@H](Nc2ccc(NC(=O)CNC(=O)c3ccc(N[C@@H]4C[C@H](C)N(C(=O)CC)c5ccccc54)cc3)cc2)C[C@@H]1C. The molecule has 0 aliphatic carbocycles. The summed E-state index contributed by atoms with van der Waals surface area (Å²) < 4.78 is 0. The highest BCUT2D eigenvalue weighted by atomic mass is 16.2. The molecule has 0 saturated heterocycles. The average Bonchev–Trinajstić information content (AvgIpc) is 3.14. The second-order valence-electron chi connectivity index (χ2n) is 13.3. The molecule has 4 aromatic carbocycles. The Labute approximate surface area is 299 Å². The predicted molar refractivity (Wildman–Crippen MR) is 203 cm³/mol. The molecule has 4 N–H and O–H groups in total. The molecule has 4 aromatic rings. The average molecular weight is 687 g/mol. The smallest absolute Gasteiger partial charge is 0.251 e. The van der Waals surface area contributed by atoms with Crippen LogP contribution in [0.15, 0.2) is 97.1 Å². The molecular weight excluding hydrogens is 640 g/mol. The van der Waals surface area contributed by atoms with Gasteiger partial charge in [0.15, 0.2) is 0 Å². The fourth-order valence-corrected chi connectivity index (χ4v) is 7.24. The van der Waals surface area contributed by atoms with Crippen LogP contribution in [-0.4, -0.2) is 42.3 Å². The van der Waals surface area contributed by atoms with Crippen LogP contribution in [0.4, 0.5) is 28.4 Å². The molecule has 2 aliphatic heterocycles. The summed E-state index contributed by atoms with van der Waals surface area (Å²) in [5, 5.41) is 12.7. The lowest BCUT2D eigenvalue weighted by Gasteiger charge is -2.40. The fourth-order valence-electron chi connectivity index (χ4n) is 7.24. The standard InChI is InChI=1S/C41H46N6O4/c1-5-39(49)46-26(3)23-34(32-11-7-9-13-36(32)46)43-29-17-15-28(16-18-29)41(51)42-25-38(48)45-31-21-19-30(20-22-31)44-35-24-27(4)47(40(50)6-2)37-14-10-8-12-33(35)37/h7-22,26-27,34-35,43-44H,5-6,23-25H2,1-4H3,(H,42,51)(H,45,48)/t26-,27-,34+,35+/m0/s1. The number of carbonyl (C=O) groups is 4. The second-order valence-corrected chi connectivity index (χ2v) is 13.3. The molecule has 10 heteroatoms. The summed E-state index contributed by atoms with van der Waals surface area (Å²) in [5.74, 6) is -0.451. The largest absolute Gasteiger partial charge is 0.378 e. The molecule has 0 bridgehead atoms. The molecule has 0 unspecified atom stereocenters. The van der Waals surface area contributed by atoms with E-state index in [0.717, 1.165) is 46.7 Å². The van der Waals surface area contributed by atoms with Gasteiger partial charge in [0, 0.05) is 58.9 Å². The van der Waals surface area contributed by atoms with Gasteiger partial charge >= 0.3 is 0 Å². The van der Waals surface area contributed by atoms with Gasteiger partial charge in [0.2, 0.25) is 17.7 Å². The van der Waals surface area contributed by atoms with Crippen LogP contribution < -0.4 is 31.1 Å². The van der Waals surface area contributed by atoms with Crippen molar-refractivity contribution in [3.05, 3.63) is 114 Å². The summed E-state index contributed by atoms with van der Waals surface area (Å²) in [6, 6.07) is 30.8. The lowest BCUT2D eigenvalue weighted by atomic mass is 9.91. The molecule has 264 valence electrons. The van der Waals surface area contributed by atoms with E-state index in [4.69, 9.17) is 0 Å². The number of nitrogens with zero attached hydrogens (tertiary/aromatic N) is 2. The minimum absolute atomic E-state index is 0.0152. The van der Waals surface area contributed by atoms with Crippen molar-refractivity contribution in [1.82, 2.24) is 5.32 Å². The number of anilines is 5. The third-order valence-corrected chi connectivity index (χ3v) is 9.73. The van der Waals surface area contributed by atoms with Gasteiger partial charge in [0.1, 0.15) is 0 Å². The van der Waals surface area contributed by atoms with Crippen LogP contribution in [0.25, 0.3) is 0 Å². The van der Waals surface area contributed by atoms with Gasteiger partial charge in [-0.2, -0.15) is 0 Å². The van der Waals surface area contributed by atoms with Gasteiger partial charge < -0.3 is 31.1 Å². The summed E-state index contributed by atoms with van der Waals surface area (Å²) >= 11 is 0. The number of nitrogens with one attached hydrogen (secondary N) is 4. The number of rotatable bonds is 10. The summed E-state index contributed by atoms with van der Waals surface area (Å²) in [6.45, 7) is 7.74. The zero-order valence-corrected chi connectivity index (χ0v) is 29.6. The maximum Gasteiger partial charge on any atom is 0.251 e. The Kier molecular flexibility index (Phi) is 10.7. The number of para-hydroxylation sites is 2. The van der Waals surface area contributed by atoms with Gasteiger partial charge in [-0.3, -0.25) is 19.2 Å². The van der Waals surface area contributed by atoms with Crippen LogP contribution in [0.2, 0.25) is 0 Å². The van der Waals surface area contributed by atoms with Crippen LogP contribution >= 0.6 is 0 Å². The Morgan fingerprint density at radius 1 is 0.608 bits per heavy atom. The number of amides is 4. The molecule has 0 aromatic heterocycles. The summed E-state index contributed by atoms with van der Waals surface area (Å²) in [5.41, 5.74) is 6.85. The zero-order chi connectivity index (χ0) is 36.1. The van der Waals surface area contributed by atoms with Crippen LogP contribution in [0.3, 0.4) is 0 Å². The van der Waals surface area contributed by atoms with E-state index in [0.29, 0.717) is 24.1 Å². The lowest BCUT2D eigenvalue weighted by Crippen LogP contribution is -2.44. The molecule has 4 amide bonds. The molecule has 0 radical (unpaired) electrons. The Bertz CT molecular complexity index is 1890. The number of carbonyl (C=O) groups excluding carboxylic acids is 4. The van der Waals surface area contributed by atoms with Gasteiger partial charge in [0.05, 0.1) is 18.6 Å². The van der Waals surface area contributed by atoms with E-state index in [1.165, 1.54) is 0 Å². The van der Waals surface area contributed by atoms with Gasteiger partial charge in [-0.1, -0.05) is 50.2 Å². The Hall–Kier alpha value is -5.64. The molecule has 6 rings (SSSR count). The molecule has 2 aliphatic rings. The number of benzene rings is 4. The first-order valence-electron chi connectivity index (χ1n) is 17.8. The third-order valence-electron chi connectivity index (χ3n) is 9.73. The van der Waals surface area contributed by atoms with Crippen molar-refractivity contribution in [3.8, 4) is 0 Å². The molecule has 4 atom stereocenters. The minimum atomic E-state index is -0.345. The van der Waals surface area contributed by atoms with E-state index >= 15 is 0 Å². The maximum absolute atomic E-state index is 12.9. The first-order chi connectivity index (χ1) is 24.7. The Morgan fingerprint density at radius 3 is 1.51 bits per heavy atom. The van der Waals surface area contributed by atoms with Gasteiger partial charge in [-0.05, 0) is 98.5 Å². The van der Waals surface area contributed by atoms with Crippen molar-refractivity contribution in [2.45, 2.75) is 77.5 Å². The summed E-state index contributed by atoms with van der Waals surface area (Å²) in [6.07, 6.45) is 2.44. The zero-order valence-electron chi connectivity index (χ0n) is 29.6. The molecule has 51 heavy (non-hydrogen) atoms. The highest BCUT2D eigenvalue weighted by Gasteiger charge is 2.34. The number of hydrogen-bond acceptors (Lipinski definition) is 6. The summed E-state index contributed by atoms with van der Waals surface area (Å²) in [4.78, 5) is 54.7. The topological polar surface area (TPSA) is 123 Å². The number of fused-ring (bicyclic) bond motifs is 2. The molecule has 0 saturated carbocycles. The first-order valence-corrected chi connectivity index (χ1v) is 17.8. The van der Waals surface area contributed by atoms with Crippen LogP contribution in [-0.2, 0) is 14.4 Å². The van der Waals surface area contributed by atoms with Crippen LogP contribution in [0.5, 0.6) is 0 Å². The van der Waals surface area contributed by atoms with E-state index in [2.05, 4.69) is 47.2 Å². The molecule has 10 nitrogen and oxygen atoms in total. The normalized spacial score (nSPS) is 19.3. The number of hydrogen-bond donors (Lipinski definition) is 4. The quantitative estimate of drug-likeness (QED) is 0.138. The highest BCUT2D eigenvalue weighted by Crippen LogP contribution is 2.40. The molecule has 0 fully saturated rings. The maximum atomic E-state index is 12.9. The van der Waals surface area contributed by atoms with Crippen molar-refractivity contribution >= 4 is 52.1 Å². The van der Waals surface area contributed by atoms with Crippen molar-refractivity contribution in [2.24, 2.45) is 0 Å². The van der Waals surface area contributed by atoms with E-state index in [9.17, 15) is 19.2 Å². The van der Waals surface area contributed by atoms with Crippen LogP contribution in [0.1, 0.15) is 86.9 Å². The van der Waals surface area contributed by atoms with Gasteiger partial charge in [-0.25, -0.2) is 0 Å². The van der Waals surface area contributed by atoms with Crippen molar-refractivity contribution in [3.63, 3.8) is 0 Å². The monoisotopic (exact) mass is 686 g/mol. The first kappa shape index (κ1) is 35.2. The fraction of sp³-hybridized carbons (Fsp3) is 0.317. The van der Waals surface area contributed by atoms with E-state index in [1.54, 1.807) is 12.1 Å². The molecule has 2 heterocycles. The van der Waals surface area contributed by atoms with Gasteiger partial charge in [0.25, 0.3) is 5.91 Å². The highest BCUT2D eigenvalue weighted by molar-refractivity contribution is 6.00. The van der Waals surface area contributed by atoms with E-state index in [1.807, 2.05) is 96.4 Å². The third kappa shape index (κ3) is 7.75. The van der Waals surface area contributed by atoms with Crippen LogP contribution in [0, 0.1) is 0 Å². The molecular formula is C41H46N6O4. The molecule has 0 spiro atoms. The van der Waals surface area contributed by atoms with Crippen molar-refractivity contribution in [2.75, 3.05) is 32.3 Å². The predicted octanol–water partition coefficient (Wildman–Crippen LogP) is 7.43. The second kappa shape index (κ2) is 15.5. The Balaban J connectivity index is 1.00.